The largest absolute Gasteiger partial charge is 0.300 e. The number of hydrogen-bond donors (Lipinski definition) is 2. The van der Waals surface area contributed by atoms with Gasteiger partial charge in [-0.2, -0.15) is 8.42 Å². The fourth-order valence-electron chi connectivity index (χ4n) is 0.921. The molecule has 0 spiro atoms. The number of nitrogens with two attached hydrogens (primary N) is 1. The molecule has 0 saturated carbocycles. The van der Waals surface area contributed by atoms with E-state index in [0.29, 0.717) is 0 Å². The minimum Gasteiger partial charge on any atom is -0.282 e. The van der Waals surface area contributed by atoms with Crippen LogP contribution in [0.5, 0.6) is 0 Å². The van der Waals surface area contributed by atoms with Crippen LogP contribution in [0.3, 0.4) is 0 Å². The topological polar surface area (TPSA) is 80.4 Å². The zero-order valence-electron chi connectivity index (χ0n) is 7.17. The molecule has 0 radical (unpaired) electrons. The van der Waals surface area contributed by atoms with Crippen molar-refractivity contribution in [3.05, 3.63) is 23.3 Å². The van der Waals surface area contributed by atoms with Gasteiger partial charge in [0, 0.05) is 0 Å². The smallest absolute Gasteiger partial charge is 0.282 e. The Balaban J connectivity index is 3.82. The summed E-state index contributed by atoms with van der Waals surface area (Å²) < 4.78 is 81.3. The monoisotopic (exact) mass is 277 g/mol. The van der Waals surface area contributed by atoms with E-state index in [1.807, 2.05) is 0 Å². The average molecular weight is 277 g/mol. The van der Waals surface area contributed by atoms with Gasteiger partial charge in [0.15, 0.2) is 28.2 Å². The average Bonchev–Trinajstić information content (AvgIpc) is 2.14. The molecular formula is C6H3F4NO3S2. The molecule has 0 amide bonds. The van der Waals surface area contributed by atoms with E-state index in [9.17, 15) is 26.0 Å². The molecule has 90 valence electrons. The van der Waals surface area contributed by atoms with Gasteiger partial charge >= 0.3 is 10.1 Å². The Hall–Kier alpha value is -0.840. The fraction of sp³-hybridized carbons (Fsp3) is 0. The van der Waals surface area contributed by atoms with Gasteiger partial charge in [-0.15, -0.1) is 0 Å². The van der Waals surface area contributed by atoms with Crippen LogP contribution >= 0.6 is 11.9 Å². The van der Waals surface area contributed by atoms with Crippen molar-refractivity contribution >= 4 is 22.1 Å². The van der Waals surface area contributed by atoms with Gasteiger partial charge in [-0.1, -0.05) is 0 Å². The molecule has 10 heteroatoms. The van der Waals surface area contributed by atoms with E-state index in [0.717, 1.165) is 0 Å². The molecule has 0 unspecified atom stereocenters. The second-order valence-corrected chi connectivity index (χ2v) is 4.51. The van der Waals surface area contributed by atoms with Crippen LogP contribution in [0.1, 0.15) is 0 Å². The normalized spacial score (nSPS) is 11.9. The molecule has 0 saturated heterocycles. The molecule has 1 aromatic carbocycles. The third kappa shape index (κ3) is 2.00. The number of hydrogen-bond acceptors (Lipinski definition) is 4. The molecule has 4 nitrogen and oxygen atoms in total. The third-order valence-corrected chi connectivity index (χ3v) is 3.03. The van der Waals surface area contributed by atoms with E-state index in [4.69, 9.17) is 9.69 Å². The quantitative estimate of drug-likeness (QED) is 0.370. The third-order valence-electron chi connectivity index (χ3n) is 1.56. The van der Waals surface area contributed by atoms with E-state index in [1.165, 1.54) is 0 Å². The van der Waals surface area contributed by atoms with Crippen molar-refractivity contribution in [2.45, 2.75) is 9.79 Å². The highest BCUT2D eigenvalue weighted by molar-refractivity contribution is 7.97. The molecule has 16 heavy (non-hydrogen) atoms. The molecule has 0 atom stereocenters. The van der Waals surface area contributed by atoms with Crippen LogP contribution in [-0.4, -0.2) is 13.0 Å². The van der Waals surface area contributed by atoms with Gasteiger partial charge in [-0.05, 0) is 11.9 Å². The second-order valence-electron chi connectivity index (χ2n) is 2.51. The Morgan fingerprint density at radius 3 is 1.62 bits per heavy atom. The van der Waals surface area contributed by atoms with Crippen LogP contribution < -0.4 is 5.14 Å². The van der Waals surface area contributed by atoms with Crippen molar-refractivity contribution in [3.63, 3.8) is 0 Å². The molecule has 0 bridgehead atoms. The molecule has 0 aliphatic heterocycles. The number of halogens is 4. The highest BCUT2D eigenvalue weighted by atomic mass is 32.2. The first-order valence-corrected chi connectivity index (χ1v) is 5.74. The summed E-state index contributed by atoms with van der Waals surface area (Å²) in [4.78, 5) is -3.30. The van der Waals surface area contributed by atoms with Gasteiger partial charge < -0.3 is 0 Å². The standard InChI is InChI=1S/C6H3F4NO3S2/c7-1-3(9)6(16(12,13)14)4(10)2(8)5(1)15-11/h11H2,(H,12,13,14). The lowest BCUT2D eigenvalue weighted by Gasteiger charge is -2.07. The van der Waals surface area contributed by atoms with Crippen LogP contribution in [-0.2, 0) is 10.1 Å². The predicted octanol–water partition coefficient (Wildman–Crippen LogP) is 1.46. The molecule has 3 N–H and O–H groups in total. The van der Waals surface area contributed by atoms with E-state index in [2.05, 4.69) is 0 Å². The number of benzene rings is 1. The molecular weight excluding hydrogens is 274 g/mol. The Labute approximate surface area is 91.3 Å². The summed E-state index contributed by atoms with van der Waals surface area (Å²) in [6.07, 6.45) is 0. The van der Waals surface area contributed by atoms with E-state index in [-0.39, 0.29) is 11.9 Å². The van der Waals surface area contributed by atoms with Crippen molar-refractivity contribution < 1.29 is 30.5 Å². The van der Waals surface area contributed by atoms with Gasteiger partial charge in [-0.25, -0.2) is 17.6 Å². The lowest BCUT2D eigenvalue weighted by Crippen LogP contribution is -2.11. The second kappa shape index (κ2) is 4.20. The Bertz CT molecular complexity index is 516. The minimum absolute atomic E-state index is 0.137. The van der Waals surface area contributed by atoms with Gasteiger partial charge in [0.1, 0.15) is 4.90 Å². The lowest BCUT2D eigenvalue weighted by atomic mass is 10.3. The van der Waals surface area contributed by atoms with Crippen LogP contribution in [0.4, 0.5) is 17.6 Å². The minimum atomic E-state index is -5.41. The molecule has 0 aromatic heterocycles. The van der Waals surface area contributed by atoms with Gasteiger partial charge in [0.2, 0.25) is 0 Å². The summed E-state index contributed by atoms with van der Waals surface area (Å²) in [6.45, 7) is 0. The van der Waals surface area contributed by atoms with Crippen molar-refractivity contribution in [2.24, 2.45) is 5.14 Å². The highest BCUT2D eigenvalue weighted by Crippen LogP contribution is 2.31. The Morgan fingerprint density at radius 1 is 1.00 bits per heavy atom. The summed E-state index contributed by atoms with van der Waals surface area (Å²) in [5, 5.41) is 4.74. The Kier molecular flexibility index (Phi) is 3.47. The number of rotatable bonds is 2. The van der Waals surface area contributed by atoms with Crippen LogP contribution in [0, 0.1) is 23.3 Å². The van der Waals surface area contributed by atoms with E-state index >= 15 is 0 Å². The van der Waals surface area contributed by atoms with Crippen molar-refractivity contribution in [1.29, 1.82) is 0 Å². The van der Waals surface area contributed by atoms with E-state index < -0.39 is 43.2 Å². The molecule has 0 heterocycles. The molecule has 1 rings (SSSR count). The zero-order chi connectivity index (χ0) is 12.7. The summed E-state index contributed by atoms with van der Waals surface area (Å²) in [5.41, 5.74) is 0. The van der Waals surface area contributed by atoms with Gasteiger partial charge in [-0.3, -0.25) is 9.69 Å². The fourth-order valence-corrected chi connectivity index (χ4v) is 1.94. The zero-order valence-corrected chi connectivity index (χ0v) is 8.80. The van der Waals surface area contributed by atoms with E-state index in [1.54, 1.807) is 0 Å². The van der Waals surface area contributed by atoms with Crippen LogP contribution in [0.2, 0.25) is 0 Å². The lowest BCUT2D eigenvalue weighted by molar-refractivity contribution is 0.384. The van der Waals surface area contributed by atoms with Gasteiger partial charge in [0.05, 0.1) is 0 Å². The van der Waals surface area contributed by atoms with Crippen molar-refractivity contribution in [3.8, 4) is 0 Å². The summed E-state index contributed by atoms with van der Waals surface area (Å²) in [6, 6.07) is 0. The first-order valence-electron chi connectivity index (χ1n) is 3.42. The molecule has 0 aliphatic rings. The summed E-state index contributed by atoms with van der Waals surface area (Å²) >= 11 is -0.137. The van der Waals surface area contributed by atoms with Crippen molar-refractivity contribution in [1.82, 2.24) is 0 Å². The SMILES string of the molecule is NSc1c(F)c(F)c(S(=O)(=O)O)c(F)c1F. The molecule has 1 aromatic rings. The van der Waals surface area contributed by atoms with Crippen LogP contribution in [0.25, 0.3) is 0 Å². The summed E-state index contributed by atoms with van der Waals surface area (Å²) in [7, 11) is -5.41. The Morgan fingerprint density at radius 2 is 1.38 bits per heavy atom. The highest BCUT2D eigenvalue weighted by Gasteiger charge is 2.31. The first kappa shape index (κ1) is 13.2. The molecule has 0 fully saturated rings. The predicted molar refractivity (Wildman–Crippen MR) is 46.1 cm³/mol. The maximum atomic E-state index is 13.0. The maximum absolute atomic E-state index is 13.0. The first-order chi connectivity index (χ1) is 7.21. The molecule has 0 aliphatic carbocycles. The summed E-state index contributed by atoms with van der Waals surface area (Å²) in [5.74, 6) is -8.43. The van der Waals surface area contributed by atoms with Crippen LogP contribution in [0.15, 0.2) is 9.79 Å². The van der Waals surface area contributed by atoms with Gasteiger partial charge in [0.25, 0.3) is 0 Å². The maximum Gasteiger partial charge on any atom is 0.300 e. The van der Waals surface area contributed by atoms with Crippen molar-refractivity contribution in [2.75, 3.05) is 0 Å².